The molecule has 2 aliphatic rings. The van der Waals surface area contributed by atoms with Gasteiger partial charge in [-0.15, -0.1) is 10.2 Å². The highest BCUT2D eigenvalue weighted by atomic mass is 32.2. The molecule has 0 N–H and O–H groups in total. The minimum atomic E-state index is -0.230. The molecule has 1 saturated carbocycles. The highest BCUT2D eigenvalue weighted by molar-refractivity contribution is 8.03. The van der Waals surface area contributed by atoms with Crippen LogP contribution in [0.4, 0.5) is 5.69 Å². The number of fused-ring (bicyclic) bond motifs is 1. The van der Waals surface area contributed by atoms with E-state index in [0.717, 1.165) is 23.4 Å². The van der Waals surface area contributed by atoms with Gasteiger partial charge in [0.25, 0.3) is 5.22 Å². The number of benzene rings is 1. The van der Waals surface area contributed by atoms with Gasteiger partial charge in [0.15, 0.2) is 5.78 Å². The molecule has 0 radical (unpaired) electrons. The van der Waals surface area contributed by atoms with Crippen LogP contribution < -0.4 is 4.90 Å². The largest absolute Gasteiger partial charge is 0.416 e. The van der Waals surface area contributed by atoms with Crippen LogP contribution in [0.1, 0.15) is 43.9 Å². The van der Waals surface area contributed by atoms with Crippen molar-refractivity contribution >= 4 is 35.0 Å². The quantitative estimate of drug-likeness (QED) is 0.395. The van der Waals surface area contributed by atoms with Crippen LogP contribution in [0.5, 0.6) is 0 Å². The van der Waals surface area contributed by atoms with Gasteiger partial charge in [-0.25, -0.2) is 0 Å². The summed E-state index contributed by atoms with van der Waals surface area (Å²) in [6.45, 7) is 0. The lowest BCUT2D eigenvalue weighted by molar-refractivity contribution is -0.112. The van der Waals surface area contributed by atoms with E-state index in [1.165, 1.54) is 42.8 Å². The van der Waals surface area contributed by atoms with Crippen molar-refractivity contribution in [1.29, 1.82) is 5.26 Å². The maximum atomic E-state index is 12.7. The Hall–Kier alpha value is -2.24. The summed E-state index contributed by atoms with van der Waals surface area (Å²) in [5.74, 6) is 0.885. The van der Waals surface area contributed by atoms with Gasteiger partial charge in [-0.1, -0.05) is 54.9 Å². The molecule has 2 aromatic rings. The summed E-state index contributed by atoms with van der Waals surface area (Å²) in [7, 11) is 1.88. The number of aromatic nitrogens is 2. The summed E-state index contributed by atoms with van der Waals surface area (Å²) in [6.07, 6.45) is 5.82. The summed E-state index contributed by atoms with van der Waals surface area (Å²) in [6, 6.07) is 9.96. The predicted molar refractivity (Wildman–Crippen MR) is 109 cm³/mol. The molecule has 0 amide bonds. The summed E-state index contributed by atoms with van der Waals surface area (Å²) < 4.78 is 5.76. The minimum Gasteiger partial charge on any atom is -0.416 e. The van der Waals surface area contributed by atoms with E-state index in [1.807, 2.05) is 36.2 Å². The van der Waals surface area contributed by atoms with Crippen molar-refractivity contribution in [2.24, 2.45) is 0 Å². The molecule has 1 aromatic heterocycles. The number of hydrogen-bond acceptors (Lipinski definition) is 8. The maximum absolute atomic E-state index is 12.7. The molecular formula is C20H20N4O2S2. The van der Waals surface area contributed by atoms with Crippen LogP contribution in [0.2, 0.25) is 0 Å². The topological polar surface area (TPSA) is 83.0 Å². The number of carbonyl (C=O) groups excluding carboxylic acids is 1. The van der Waals surface area contributed by atoms with E-state index in [2.05, 4.69) is 16.3 Å². The van der Waals surface area contributed by atoms with Crippen LogP contribution in [-0.2, 0) is 4.79 Å². The van der Waals surface area contributed by atoms with E-state index in [4.69, 9.17) is 4.42 Å². The van der Waals surface area contributed by atoms with Crippen molar-refractivity contribution in [3.63, 3.8) is 0 Å². The first-order valence-electron chi connectivity index (χ1n) is 9.31. The zero-order chi connectivity index (χ0) is 19.5. The van der Waals surface area contributed by atoms with E-state index < -0.39 is 0 Å². The van der Waals surface area contributed by atoms with Crippen molar-refractivity contribution in [1.82, 2.24) is 10.2 Å². The maximum Gasteiger partial charge on any atom is 0.277 e. The smallest absolute Gasteiger partial charge is 0.277 e. The molecule has 0 spiro atoms. The molecule has 1 aromatic carbocycles. The Morgan fingerprint density at radius 1 is 1.32 bits per heavy atom. The highest BCUT2D eigenvalue weighted by Crippen LogP contribution is 2.46. The van der Waals surface area contributed by atoms with Crippen molar-refractivity contribution in [3.05, 3.63) is 40.8 Å². The lowest BCUT2D eigenvalue weighted by Gasteiger charge is -2.17. The third-order valence-electron chi connectivity index (χ3n) is 5.05. The van der Waals surface area contributed by atoms with Gasteiger partial charge in [0.1, 0.15) is 16.7 Å². The fourth-order valence-corrected chi connectivity index (χ4v) is 5.35. The number of ketones is 1. The summed E-state index contributed by atoms with van der Waals surface area (Å²) in [4.78, 5) is 15.7. The number of hydrogen-bond donors (Lipinski definition) is 0. The molecule has 8 heteroatoms. The SMILES string of the molecule is CN1/C(=C(\C#N)C(=O)CSc2nnc(C3CCCCC3)o2)Sc2ccccc21. The number of anilines is 1. The minimum absolute atomic E-state index is 0.101. The molecule has 28 heavy (non-hydrogen) atoms. The van der Waals surface area contributed by atoms with Gasteiger partial charge in [-0.2, -0.15) is 5.26 Å². The van der Waals surface area contributed by atoms with Gasteiger partial charge in [0, 0.05) is 17.9 Å². The third kappa shape index (κ3) is 3.82. The van der Waals surface area contributed by atoms with E-state index in [1.54, 1.807) is 0 Å². The second-order valence-corrected chi connectivity index (χ2v) is 8.83. The molecule has 1 fully saturated rings. The van der Waals surface area contributed by atoms with Crippen molar-refractivity contribution in [2.75, 3.05) is 17.7 Å². The molecule has 1 aliphatic carbocycles. The van der Waals surface area contributed by atoms with Crippen LogP contribution in [0.3, 0.4) is 0 Å². The number of nitrogens with zero attached hydrogens (tertiary/aromatic N) is 4. The fourth-order valence-electron chi connectivity index (χ4n) is 3.54. The first kappa shape index (κ1) is 19.1. The molecule has 6 nitrogen and oxygen atoms in total. The van der Waals surface area contributed by atoms with Crippen LogP contribution in [0, 0.1) is 11.3 Å². The Labute approximate surface area is 172 Å². The van der Waals surface area contributed by atoms with Crippen LogP contribution in [0.25, 0.3) is 0 Å². The number of thioether (sulfide) groups is 2. The van der Waals surface area contributed by atoms with Gasteiger partial charge in [-0.05, 0) is 25.0 Å². The van der Waals surface area contributed by atoms with E-state index in [0.29, 0.717) is 22.1 Å². The predicted octanol–water partition coefficient (Wildman–Crippen LogP) is 4.76. The van der Waals surface area contributed by atoms with Crippen LogP contribution in [-0.4, -0.2) is 28.8 Å². The zero-order valence-electron chi connectivity index (χ0n) is 15.6. The van der Waals surface area contributed by atoms with Gasteiger partial charge < -0.3 is 9.32 Å². The van der Waals surface area contributed by atoms with Crippen molar-refractivity contribution in [3.8, 4) is 6.07 Å². The van der Waals surface area contributed by atoms with Gasteiger partial charge >= 0.3 is 0 Å². The second-order valence-electron chi connectivity index (χ2n) is 6.87. The van der Waals surface area contributed by atoms with Crippen molar-refractivity contribution < 1.29 is 9.21 Å². The number of nitriles is 1. The molecule has 0 saturated heterocycles. The number of allylic oxidation sites excluding steroid dienone is 1. The Balaban J connectivity index is 1.43. The average molecular weight is 413 g/mol. The molecule has 144 valence electrons. The number of carbonyl (C=O) groups is 1. The van der Waals surface area contributed by atoms with Crippen LogP contribution >= 0.6 is 23.5 Å². The second kappa shape index (κ2) is 8.41. The molecule has 4 rings (SSSR count). The standard InChI is InChI=1S/C20H20N4O2S2/c1-24-15-9-5-6-10-17(15)28-19(24)14(11-21)16(25)12-27-20-23-22-18(26-20)13-7-3-2-4-8-13/h5-6,9-10,13H,2-4,7-8,12H2,1H3/b19-14-. The molecule has 0 unspecified atom stereocenters. The van der Waals surface area contributed by atoms with E-state index in [-0.39, 0.29) is 17.1 Å². The zero-order valence-corrected chi connectivity index (χ0v) is 17.2. The molecule has 0 bridgehead atoms. The fraction of sp³-hybridized carbons (Fsp3) is 0.400. The van der Waals surface area contributed by atoms with Gasteiger partial charge in [0.05, 0.1) is 11.4 Å². The Kier molecular flexibility index (Phi) is 5.74. The summed E-state index contributed by atoms with van der Waals surface area (Å²) >= 11 is 2.65. The lowest BCUT2D eigenvalue weighted by Crippen LogP contribution is -2.16. The first-order valence-corrected chi connectivity index (χ1v) is 11.1. The molecular weight excluding hydrogens is 392 g/mol. The normalized spacial score (nSPS) is 18.6. The van der Waals surface area contributed by atoms with Crippen LogP contribution in [0.15, 0.2) is 49.4 Å². The highest BCUT2D eigenvalue weighted by Gasteiger charge is 2.28. The number of rotatable bonds is 5. The van der Waals surface area contributed by atoms with Gasteiger partial charge in [-0.3, -0.25) is 4.79 Å². The summed E-state index contributed by atoms with van der Waals surface area (Å²) in [5.41, 5.74) is 1.17. The Bertz CT molecular complexity index is 957. The average Bonchev–Trinajstić information content (AvgIpc) is 3.33. The van der Waals surface area contributed by atoms with E-state index in [9.17, 15) is 10.1 Å². The molecule has 2 heterocycles. The first-order chi connectivity index (χ1) is 13.7. The molecule has 0 atom stereocenters. The van der Waals surface area contributed by atoms with E-state index >= 15 is 0 Å². The molecule has 1 aliphatic heterocycles. The Morgan fingerprint density at radius 3 is 2.86 bits per heavy atom. The third-order valence-corrected chi connectivity index (χ3v) is 7.10. The number of Topliss-reactive ketones (excluding diaryl/α,β-unsaturated/α-hetero) is 1. The lowest BCUT2D eigenvalue weighted by atomic mass is 9.89. The number of para-hydroxylation sites is 1. The van der Waals surface area contributed by atoms with Gasteiger partial charge in [0.2, 0.25) is 5.89 Å². The monoisotopic (exact) mass is 412 g/mol. The van der Waals surface area contributed by atoms with Crippen molar-refractivity contribution in [2.45, 2.75) is 48.1 Å². The summed E-state index contributed by atoms with van der Waals surface area (Å²) in [5, 5.41) is 18.9. The Morgan fingerprint density at radius 2 is 2.11 bits per heavy atom.